The van der Waals surface area contributed by atoms with Crippen LogP contribution < -0.4 is 27.4 Å². The Kier molecular flexibility index (Phi) is 10.3. The molecule has 0 fully saturated rings. The maximum Gasteiger partial charge on any atom is 0.326 e. The molecule has 0 aliphatic carbocycles. The van der Waals surface area contributed by atoms with E-state index >= 15 is 0 Å². The average Bonchev–Trinajstić information content (AvgIpc) is 3.23. The Morgan fingerprint density at radius 3 is 2.11 bits per heavy atom. The number of aliphatic carboxylic acids is 2. The quantitative estimate of drug-likeness (QED) is 0.142. The predicted octanol–water partition coefficient (Wildman–Crippen LogP) is -1.42. The number of para-hydroxylation sites is 1. The number of H-pyrrole nitrogens is 1. The number of aromatic amines is 1. The molecule has 0 saturated heterocycles. The van der Waals surface area contributed by atoms with Gasteiger partial charge < -0.3 is 42.6 Å². The van der Waals surface area contributed by atoms with Gasteiger partial charge in [-0.1, -0.05) is 32.0 Å². The normalized spacial score (nSPS) is 14.2. The van der Waals surface area contributed by atoms with Gasteiger partial charge in [-0.05, 0) is 24.0 Å². The zero-order valence-corrected chi connectivity index (χ0v) is 20.9. The number of rotatable bonds is 14. The summed E-state index contributed by atoms with van der Waals surface area (Å²) in [5.74, 6) is -7.21. The number of carboxylic acids is 2. The Morgan fingerprint density at radius 2 is 1.53 bits per heavy atom. The maximum atomic E-state index is 13.0. The number of carbonyl (C=O) groups is 6. The highest BCUT2D eigenvalue weighted by Crippen LogP contribution is 2.19. The minimum atomic E-state index is -1.73. The van der Waals surface area contributed by atoms with E-state index in [4.69, 9.17) is 11.5 Å². The molecule has 1 aromatic heterocycles. The van der Waals surface area contributed by atoms with E-state index in [2.05, 4.69) is 15.6 Å². The fourth-order valence-corrected chi connectivity index (χ4v) is 3.74. The highest BCUT2D eigenvalue weighted by atomic mass is 16.4. The summed E-state index contributed by atoms with van der Waals surface area (Å²) < 4.78 is 0. The molecule has 0 bridgehead atoms. The van der Waals surface area contributed by atoms with E-state index in [9.17, 15) is 39.0 Å². The molecule has 14 nitrogen and oxygen atoms in total. The van der Waals surface area contributed by atoms with Crippen molar-refractivity contribution in [2.45, 2.75) is 57.3 Å². The third kappa shape index (κ3) is 8.30. The van der Waals surface area contributed by atoms with Gasteiger partial charge in [0.1, 0.15) is 18.1 Å². The fraction of sp³-hybridized carbons (Fsp3) is 0.417. The molecule has 4 unspecified atom stereocenters. The molecule has 0 aliphatic heterocycles. The lowest BCUT2D eigenvalue weighted by Crippen LogP contribution is -2.59. The highest BCUT2D eigenvalue weighted by molar-refractivity contribution is 5.96. The molecule has 2 aromatic rings. The van der Waals surface area contributed by atoms with E-state index in [0.717, 1.165) is 16.5 Å². The van der Waals surface area contributed by atoms with Crippen LogP contribution in [0.15, 0.2) is 30.5 Å². The molecule has 1 aromatic carbocycles. The van der Waals surface area contributed by atoms with Gasteiger partial charge in [0, 0.05) is 17.1 Å². The van der Waals surface area contributed by atoms with E-state index in [1.807, 2.05) is 29.6 Å². The lowest BCUT2D eigenvalue weighted by molar-refractivity contribution is -0.145. The van der Waals surface area contributed by atoms with Crippen LogP contribution in [0.1, 0.15) is 32.3 Å². The number of aromatic nitrogens is 1. The summed E-state index contributed by atoms with van der Waals surface area (Å²) in [5, 5.41) is 26.1. The molecule has 10 N–H and O–H groups in total. The van der Waals surface area contributed by atoms with Crippen molar-refractivity contribution in [3.8, 4) is 0 Å². The summed E-state index contributed by atoms with van der Waals surface area (Å²) in [5.41, 5.74) is 12.8. The predicted molar refractivity (Wildman–Crippen MR) is 134 cm³/mol. The first-order valence-electron chi connectivity index (χ1n) is 11.7. The van der Waals surface area contributed by atoms with Crippen LogP contribution in [0, 0.1) is 5.92 Å². The summed E-state index contributed by atoms with van der Waals surface area (Å²) >= 11 is 0. The van der Waals surface area contributed by atoms with Crippen molar-refractivity contribution >= 4 is 46.5 Å². The molecular formula is C24H32N6O8. The topological polar surface area (TPSA) is 247 Å². The molecule has 14 heteroatoms. The summed E-state index contributed by atoms with van der Waals surface area (Å²) in [4.78, 5) is 75.2. The average molecular weight is 533 g/mol. The van der Waals surface area contributed by atoms with E-state index < -0.39 is 78.5 Å². The Bertz CT molecular complexity index is 1210. The first kappa shape index (κ1) is 29.8. The number of fused-ring (bicyclic) bond motifs is 1. The number of hydrogen-bond donors (Lipinski definition) is 8. The van der Waals surface area contributed by atoms with Crippen molar-refractivity contribution in [2.75, 3.05) is 0 Å². The molecule has 38 heavy (non-hydrogen) atoms. The monoisotopic (exact) mass is 532 g/mol. The minimum absolute atomic E-state index is 0.169. The lowest BCUT2D eigenvalue weighted by atomic mass is 10.0. The third-order valence-corrected chi connectivity index (χ3v) is 5.73. The number of hydrogen-bond acceptors (Lipinski definition) is 7. The van der Waals surface area contributed by atoms with Crippen LogP contribution in [0.3, 0.4) is 0 Å². The summed E-state index contributed by atoms with van der Waals surface area (Å²) in [7, 11) is 0. The summed E-state index contributed by atoms with van der Waals surface area (Å²) in [6.07, 6.45) is 0.276. The van der Waals surface area contributed by atoms with Crippen LogP contribution in [0.2, 0.25) is 0 Å². The van der Waals surface area contributed by atoms with Crippen molar-refractivity contribution in [3.63, 3.8) is 0 Å². The van der Waals surface area contributed by atoms with Crippen LogP contribution in [-0.4, -0.2) is 74.9 Å². The minimum Gasteiger partial charge on any atom is -0.481 e. The molecule has 0 aliphatic rings. The van der Waals surface area contributed by atoms with Crippen molar-refractivity contribution in [1.29, 1.82) is 0 Å². The van der Waals surface area contributed by atoms with Crippen molar-refractivity contribution < 1.29 is 39.0 Å². The van der Waals surface area contributed by atoms with E-state index in [0.29, 0.717) is 0 Å². The van der Waals surface area contributed by atoms with Crippen molar-refractivity contribution in [1.82, 2.24) is 20.9 Å². The second-order valence-corrected chi connectivity index (χ2v) is 9.13. The summed E-state index contributed by atoms with van der Waals surface area (Å²) in [6, 6.07) is 1.82. The number of carboxylic acid groups (broad SMARTS) is 2. The van der Waals surface area contributed by atoms with Gasteiger partial charge in [-0.15, -0.1) is 0 Å². The van der Waals surface area contributed by atoms with Crippen molar-refractivity contribution in [3.05, 3.63) is 36.0 Å². The molecule has 1 heterocycles. The number of amides is 4. The molecule has 206 valence electrons. The zero-order chi connectivity index (χ0) is 28.6. The Labute approximate surface area is 217 Å². The van der Waals surface area contributed by atoms with E-state index in [-0.39, 0.29) is 6.42 Å². The van der Waals surface area contributed by atoms with Gasteiger partial charge in [-0.2, -0.15) is 0 Å². The first-order chi connectivity index (χ1) is 17.8. The summed E-state index contributed by atoms with van der Waals surface area (Å²) in [6.45, 7) is 3.24. The third-order valence-electron chi connectivity index (χ3n) is 5.73. The van der Waals surface area contributed by atoms with Crippen LogP contribution in [0.4, 0.5) is 0 Å². The molecular weight excluding hydrogens is 500 g/mol. The van der Waals surface area contributed by atoms with Gasteiger partial charge in [0.05, 0.1) is 18.9 Å². The molecule has 0 spiro atoms. The highest BCUT2D eigenvalue weighted by Gasteiger charge is 2.33. The molecule has 0 radical (unpaired) electrons. The molecule has 4 atom stereocenters. The SMILES string of the molecule is CC(C)C(NC(=O)C(N)Cc1c[nH]c2ccccc12)C(=O)NC(CC(=O)O)C(=O)NC(CC(N)=O)C(=O)O. The Hall–Kier alpha value is -4.46. The number of nitrogens with one attached hydrogen (secondary N) is 4. The van der Waals surface area contributed by atoms with Gasteiger partial charge in [0.25, 0.3) is 0 Å². The zero-order valence-electron chi connectivity index (χ0n) is 20.9. The first-order valence-corrected chi connectivity index (χ1v) is 11.7. The van der Waals surface area contributed by atoms with E-state index in [1.54, 1.807) is 20.0 Å². The molecule has 4 amide bonds. The Balaban J connectivity index is 2.11. The Morgan fingerprint density at radius 1 is 0.895 bits per heavy atom. The van der Waals surface area contributed by atoms with Gasteiger partial charge in [-0.3, -0.25) is 24.0 Å². The fourth-order valence-electron chi connectivity index (χ4n) is 3.74. The van der Waals surface area contributed by atoms with Gasteiger partial charge in [-0.25, -0.2) is 4.79 Å². The smallest absolute Gasteiger partial charge is 0.326 e. The lowest BCUT2D eigenvalue weighted by Gasteiger charge is -2.26. The standard InChI is InChI=1S/C24H32N6O8/c1-11(2)20(30-21(34)14(25)7-12-10-27-15-6-4-3-5-13(12)15)23(36)28-16(9-19(32)33)22(35)29-17(24(37)38)8-18(26)31/h3-6,10-11,14,16-17,20,27H,7-9,25H2,1-2H3,(H2,26,31)(H,28,36)(H,29,35)(H,30,34)(H,32,33)(H,37,38). The number of benzene rings is 1. The van der Waals surface area contributed by atoms with Crippen LogP contribution in [0.25, 0.3) is 10.9 Å². The largest absolute Gasteiger partial charge is 0.481 e. The van der Waals surface area contributed by atoms with Gasteiger partial charge in [0.15, 0.2) is 0 Å². The number of carbonyl (C=O) groups excluding carboxylic acids is 4. The molecule has 2 rings (SSSR count). The van der Waals surface area contributed by atoms with Crippen molar-refractivity contribution in [2.24, 2.45) is 17.4 Å². The van der Waals surface area contributed by atoms with E-state index in [1.165, 1.54) is 0 Å². The van der Waals surface area contributed by atoms with Gasteiger partial charge >= 0.3 is 11.9 Å². The van der Waals surface area contributed by atoms with Gasteiger partial charge in [0.2, 0.25) is 23.6 Å². The second-order valence-electron chi connectivity index (χ2n) is 9.13. The molecule has 0 saturated carbocycles. The number of primary amides is 1. The maximum absolute atomic E-state index is 13.0. The van der Waals surface area contributed by atoms with Crippen LogP contribution in [0.5, 0.6) is 0 Å². The second kappa shape index (κ2) is 13.2. The van der Waals surface area contributed by atoms with Crippen LogP contribution in [-0.2, 0) is 35.2 Å². The number of nitrogens with two attached hydrogens (primary N) is 2. The van der Waals surface area contributed by atoms with Crippen LogP contribution >= 0.6 is 0 Å².